The molecule has 0 spiro atoms. The minimum atomic E-state index is -4.39. The SMILES string of the molecule is C[C@H](C(=O)Nc1c[nH]c2ccc(-c3cnn(-c4ccc(C(F)(F)F)cc4)c3)cc12)N1CCCC1=O. The van der Waals surface area contributed by atoms with Gasteiger partial charge in [-0.3, -0.25) is 9.59 Å². The summed E-state index contributed by atoms with van der Waals surface area (Å²) in [4.78, 5) is 29.5. The molecule has 1 saturated heterocycles. The maximum absolute atomic E-state index is 12.8. The van der Waals surface area contributed by atoms with Crippen LogP contribution in [0.3, 0.4) is 0 Å². The number of amides is 2. The third kappa shape index (κ3) is 4.39. The second kappa shape index (κ2) is 8.61. The summed E-state index contributed by atoms with van der Waals surface area (Å²) in [5, 5.41) is 7.99. The van der Waals surface area contributed by atoms with Crippen LogP contribution in [0.4, 0.5) is 18.9 Å². The van der Waals surface area contributed by atoms with E-state index in [4.69, 9.17) is 0 Å². The summed E-state index contributed by atoms with van der Waals surface area (Å²) >= 11 is 0. The molecule has 0 saturated carbocycles. The van der Waals surface area contributed by atoms with Crippen LogP contribution < -0.4 is 5.32 Å². The molecule has 0 radical (unpaired) electrons. The van der Waals surface area contributed by atoms with E-state index in [0.29, 0.717) is 24.3 Å². The molecule has 2 amide bonds. The first-order valence-electron chi connectivity index (χ1n) is 11.1. The number of halogens is 3. The molecule has 2 aromatic heterocycles. The summed E-state index contributed by atoms with van der Waals surface area (Å²) in [6.45, 7) is 2.29. The second-order valence-electron chi connectivity index (χ2n) is 8.54. The summed E-state index contributed by atoms with van der Waals surface area (Å²) in [6.07, 6.45) is 1.90. The zero-order valence-corrected chi connectivity index (χ0v) is 18.8. The molecule has 4 aromatic rings. The zero-order valence-electron chi connectivity index (χ0n) is 18.8. The van der Waals surface area contributed by atoms with Gasteiger partial charge in [-0.15, -0.1) is 0 Å². The summed E-state index contributed by atoms with van der Waals surface area (Å²) in [5.74, 6) is -0.277. The van der Waals surface area contributed by atoms with Gasteiger partial charge in [-0.2, -0.15) is 18.3 Å². The monoisotopic (exact) mass is 481 g/mol. The number of H-pyrrole nitrogens is 1. The minimum Gasteiger partial charge on any atom is -0.359 e. The average Bonchev–Trinajstić information content (AvgIpc) is 3.58. The Bertz CT molecular complexity index is 1400. The van der Waals surface area contributed by atoms with Crippen LogP contribution in [0.5, 0.6) is 0 Å². The van der Waals surface area contributed by atoms with E-state index in [9.17, 15) is 22.8 Å². The number of aromatic amines is 1. The number of benzene rings is 2. The Balaban J connectivity index is 1.38. The van der Waals surface area contributed by atoms with Crippen LogP contribution in [0.2, 0.25) is 0 Å². The molecule has 7 nitrogen and oxygen atoms in total. The third-order valence-corrected chi connectivity index (χ3v) is 6.27. The van der Waals surface area contributed by atoms with Crippen molar-refractivity contribution in [3.63, 3.8) is 0 Å². The maximum atomic E-state index is 12.8. The molecule has 180 valence electrons. The first kappa shape index (κ1) is 22.7. The lowest BCUT2D eigenvalue weighted by molar-refractivity contribution is -0.137. The number of carbonyl (C=O) groups excluding carboxylic acids is 2. The quantitative estimate of drug-likeness (QED) is 0.421. The molecular formula is C25H22F3N5O2. The van der Waals surface area contributed by atoms with Gasteiger partial charge >= 0.3 is 6.18 Å². The Morgan fingerprint density at radius 3 is 2.60 bits per heavy atom. The maximum Gasteiger partial charge on any atom is 0.416 e. The van der Waals surface area contributed by atoms with Crippen molar-refractivity contribution in [2.45, 2.75) is 32.0 Å². The Morgan fingerprint density at radius 1 is 1.14 bits per heavy atom. The highest BCUT2D eigenvalue weighted by molar-refractivity contribution is 6.05. The molecule has 1 aliphatic rings. The van der Waals surface area contributed by atoms with Gasteiger partial charge < -0.3 is 15.2 Å². The largest absolute Gasteiger partial charge is 0.416 e. The number of alkyl halides is 3. The van der Waals surface area contributed by atoms with E-state index in [0.717, 1.165) is 40.6 Å². The molecule has 0 unspecified atom stereocenters. The molecule has 2 N–H and O–H groups in total. The standard InChI is InChI=1S/C25H22F3N5O2/c1-15(32-10-2-3-23(32)34)24(35)31-22-13-29-21-9-4-16(11-20(21)22)17-12-30-33(14-17)19-7-5-18(6-8-19)25(26,27)28/h4-9,11-15,29H,2-3,10H2,1H3,(H,31,35)/t15-/m1/s1. The van der Waals surface area contributed by atoms with Crippen LogP contribution in [-0.4, -0.2) is 44.1 Å². The van der Waals surface area contributed by atoms with Crippen molar-refractivity contribution in [2.24, 2.45) is 0 Å². The molecule has 3 heterocycles. The first-order chi connectivity index (χ1) is 16.7. The van der Waals surface area contributed by atoms with E-state index in [1.54, 1.807) is 30.4 Å². The number of fused-ring (bicyclic) bond motifs is 1. The molecule has 35 heavy (non-hydrogen) atoms. The predicted octanol–water partition coefficient (Wildman–Crippen LogP) is 4.99. The Hall–Kier alpha value is -4.08. The Labute approximate surface area is 198 Å². The summed E-state index contributed by atoms with van der Waals surface area (Å²) in [6, 6.07) is 9.89. The number of hydrogen-bond acceptors (Lipinski definition) is 3. The van der Waals surface area contributed by atoms with Crippen LogP contribution >= 0.6 is 0 Å². The molecule has 0 bridgehead atoms. The number of hydrogen-bond donors (Lipinski definition) is 2. The first-order valence-corrected chi connectivity index (χ1v) is 11.1. The number of likely N-dealkylation sites (tertiary alicyclic amines) is 1. The van der Waals surface area contributed by atoms with Crippen molar-refractivity contribution in [3.8, 4) is 16.8 Å². The number of anilines is 1. The molecule has 10 heteroatoms. The molecular weight excluding hydrogens is 459 g/mol. The van der Waals surface area contributed by atoms with Crippen LogP contribution in [0, 0.1) is 0 Å². The van der Waals surface area contributed by atoms with Crippen molar-refractivity contribution < 1.29 is 22.8 Å². The molecule has 1 aliphatic heterocycles. The normalized spacial score (nSPS) is 15.1. The van der Waals surface area contributed by atoms with Gasteiger partial charge in [0.2, 0.25) is 11.8 Å². The van der Waals surface area contributed by atoms with Crippen LogP contribution in [-0.2, 0) is 15.8 Å². The van der Waals surface area contributed by atoms with Gasteiger partial charge in [-0.25, -0.2) is 4.68 Å². The molecule has 1 fully saturated rings. The van der Waals surface area contributed by atoms with Crippen molar-refractivity contribution in [1.82, 2.24) is 19.7 Å². The van der Waals surface area contributed by atoms with Crippen LogP contribution in [0.1, 0.15) is 25.3 Å². The van der Waals surface area contributed by atoms with Crippen molar-refractivity contribution >= 4 is 28.4 Å². The van der Waals surface area contributed by atoms with E-state index >= 15 is 0 Å². The lowest BCUT2D eigenvalue weighted by atomic mass is 10.1. The number of carbonyl (C=O) groups is 2. The summed E-state index contributed by atoms with van der Waals surface area (Å²) < 4.78 is 40.0. The van der Waals surface area contributed by atoms with Crippen molar-refractivity contribution in [2.75, 3.05) is 11.9 Å². The van der Waals surface area contributed by atoms with Gasteiger partial charge in [0.25, 0.3) is 0 Å². The third-order valence-electron chi connectivity index (χ3n) is 6.27. The lowest BCUT2D eigenvalue weighted by Gasteiger charge is -2.23. The Kier molecular flexibility index (Phi) is 5.58. The lowest BCUT2D eigenvalue weighted by Crippen LogP contribution is -2.42. The van der Waals surface area contributed by atoms with Crippen molar-refractivity contribution in [3.05, 3.63) is 66.6 Å². The van der Waals surface area contributed by atoms with Gasteiger partial charge in [0.05, 0.1) is 23.1 Å². The predicted molar refractivity (Wildman–Crippen MR) is 125 cm³/mol. The van der Waals surface area contributed by atoms with Gasteiger partial charge in [0.1, 0.15) is 6.04 Å². The minimum absolute atomic E-state index is 0.0149. The fraction of sp³-hybridized carbons (Fsp3) is 0.240. The average molecular weight is 481 g/mol. The fourth-order valence-electron chi connectivity index (χ4n) is 4.28. The zero-order chi connectivity index (χ0) is 24.7. The fourth-order valence-corrected chi connectivity index (χ4v) is 4.28. The molecule has 2 aromatic carbocycles. The van der Waals surface area contributed by atoms with E-state index in [1.165, 1.54) is 16.8 Å². The molecule has 5 rings (SSSR count). The van der Waals surface area contributed by atoms with Gasteiger partial charge in [0, 0.05) is 41.8 Å². The number of nitrogens with one attached hydrogen (secondary N) is 2. The molecule has 0 aliphatic carbocycles. The van der Waals surface area contributed by atoms with E-state index < -0.39 is 17.8 Å². The number of rotatable bonds is 5. The number of nitrogens with zero attached hydrogens (tertiary/aromatic N) is 3. The second-order valence-corrected chi connectivity index (χ2v) is 8.54. The smallest absolute Gasteiger partial charge is 0.359 e. The Morgan fingerprint density at radius 2 is 1.91 bits per heavy atom. The van der Waals surface area contributed by atoms with Gasteiger partial charge in [0.15, 0.2) is 0 Å². The van der Waals surface area contributed by atoms with Gasteiger partial charge in [-0.1, -0.05) is 6.07 Å². The molecule has 1 atom stereocenters. The van der Waals surface area contributed by atoms with Gasteiger partial charge in [-0.05, 0) is 55.3 Å². The highest BCUT2D eigenvalue weighted by Crippen LogP contribution is 2.31. The topological polar surface area (TPSA) is 83.0 Å². The highest BCUT2D eigenvalue weighted by Gasteiger charge is 2.30. The van der Waals surface area contributed by atoms with Crippen LogP contribution in [0.25, 0.3) is 27.7 Å². The highest BCUT2D eigenvalue weighted by atomic mass is 19.4. The van der Waals surface area contributed by atoms with E-state index in [1.807, 2.05) is 18.2 Å². The number of aromatic nitrogens is 3. The van der Waals surface area contributed by atoms with E-state index in [-0.39, 0.29) is 11.8 Å². The summed E-state index contributed by atoms with van der Waals surface area (Å²) in [7, 11) is 0. The van der Waals surface area contributed by atoms with Crippen molar-refractivity contribution in [1.29, 1.82) is 0 Å². The van der Waals surface area contributed by atoms with Crippen LogP contribution in [0.15, 0.2) is 61.1 Å². The summed E-state index contributed by atoms with van der Waals surface area (Å²) in [5.41, 5.74) is 2.80. The van der Waals surface area contributed by atoms with E-state index in [2.05, 4.69) is 15.4 Å².